The Morgan fingerprint density at radius 2 is 1.91 bits per heavy atom. The monoisotopic (exact) mass is 319 g/mol. The first-order valence-electron chi connectivity index (χ1n) is 7.04. The lowest BCUT2D eigenvalue weighted by Crippen LogP contribution is -2.09. The average molecular weight is 319 g/mol. The summed E-state index contributed by atoms with van der Waals surface area (Å²) in [7, 11) is 1.62. The highest BCUT2D eigenvalue weighted by Crippen LogP contribution is 2.17. The molecule has 3 rings (SSSR count). The number of nitrogens with zero attached hydrogens (tertiary/aromatic N) is 4. The first-order valence-corrected chi connectivity index (χ1v) is 7.04. The van der Waals surface area contributed by atoms with Crippen molar-refractivity contribution < 1.29 is 13.5 Å². The lowest BCUT2D eigenvalue weighted by Gasteiger charge is -2.07. The summed E-state index contributed by atoms with van der Waals surface area (Å²) < 4.78 is 31.8. The Labute approximate surface area is 131 Å². The molecular formula is C15H15F2N5O. The molecule has 23 heavy (non-hydrogen) atoms. The Hall–Kier alpha value is -2.77. The normalized spacial score (nSPS) is 11.1. The predicted octanol–water partition coefficient (Wildman–Crippen LogP) is 2.73. The topological polar surface area (TPSA) is 64.3 Å². The molecule has 1 aromatic carbocycles. The summed E-state index contributed by atoms with van der Waals surface area (Å²) in [6.45, 7) is 0.622. The fourth-order valence-corrected chi connectivity index (χ4v) is 2.16. The van der Waals surface area contributed by atoms with Crippen LogP contribution in [0, 0.1) is 0 Å². The van der Waals surface area contributed by atoms with Gasteiger partial charge in [0.15, 0.2) is 5.65 Å². The van der Waals surface area contributed by atoms with E-state index in [2.05, 4.69) is 20.6 Å². The van der Waals surface area contributed by atoms with Gasteiger partial charge in [-0.3, -0.25) is 0 Å². The van der Waals surface area contributed by atoms with Gasteiger partial charge in [-0.05, 0) is 36.2 Å². The van der Waals surface area contributed by atoms with Crippen LogP contribution in [0.15, 0.2) is 36.4 Å². The van der Waals surface area contributed by atoms with Crippen molar-refractivity contribution in [1.29, 1.82) is 0 Å². The van der Waals surface area contributed by atoms with E-state index in [4.69, 9.17) is 4.74 Å². The van der Waals surface area contributed by atoms with E-state index >= 15 is 0 Å². The Morgan fingerprint density at radius 1 is 1.13 bits per heavy atom. The molecule has 0 spiro atoms. The number of anilines is 1. The summed E-state index contributed by atoms with van der Waals surface area (Å²) in [5.74, 6) is 0.840. The molecule has 0 aliphatic rings. The molecule has 0 aliphatic carbocycles. The van der Waals surface area contributed by atoms with Crippen molar-refractivity contribution in [2.75, 3.05) is 19.0 Å². The second-order valence-electron chi connectivity index (χ2n) is 4.87. The van der Waals surface area contributed by atoms with Gasteiger partial charge in [-0.15, -0.1) is 15.3 Å². The van der Waals surface area contributed by atoms with Crippen LogP contribution >= 0.6 is 0 Å². The van der Waals surface area contributed by atoms with E-state index in [1.54, 1.807) is 19.2 Å². The maximum atomic E-state index is 12.8. The van der Waals surface area contributed by atoms with Gasteiger partial charge in [0.1, 0.15) is 11.6 Å². The molecular weight excluding hydrogens is 304 g/mol. The first-order chi connectivity index (χ1) is 11.2. The number of halogens is 2. The zero-order valence-corrected chi connectivity index (χ0v) is 12.4. The van der Waals surface area contributed by atoms with Crippen molar-refractivity contribution in [1.82, 2.24) is 19.8 Å². The van der Waals surface area contributed by atoms with Crippen LogP contribution in [0.4, 0.5) is 14.6 Å². The lowest BCUT2D eigenvalue weighted by atomic mass is 10.1. The average Bonchev–Trinajstić information content (AvgIpc) is 2.99. The van der Waals surface area contributed by atoms with Gasteiger partial charge in [-0.1, -0.05) is 12.1 Å². The molecule has 2 aromatic heterocycles. The zero-order chi connectivity index (χ0) is 16.2. The Bertz CT molecular complexity index is 788. The van der Waals surface area contributed by atoms with E-state index in [9.17, 15) is 8.78 Å². The van der Waals surface area contributed by atoms with Gasteiger partial charge >= 0.3 is 0 Å². The van der Waals surface area contributed by atoms with E-state index in [1.165, 1.54) is 0 Å². The van der Waals surface area contributed by atoms with Gasteiger partial charge in [0.05, 0.1) is 7.11 Å². The molecule has 8 heteroatoms. The summed E-state index contributed by atoms with van der Waals surface area (Å²) in [5.41, 5.74) is 1.43. The number of methoxy groups -OCH3 is 1. The van der Waals surface area contributed by atoms with E-state index in [-0.39, 0.29) is 0 Å². The van der Waals surface area contributed by atoms with Crippen LogP contribution in [0.25, 0.3) is 5.65 Å². The molecule has 0 bridgehead atoms. The summed E-state index contributed by atoms with van der Waals surface area (Å²) in [6.07, 6.45) is -1.94. The smallest absolute Gasteiger partial charge is 0.299 e. The van der Waals surface area contributed by atoms with Gasteiger partial charge in [-0.2, -0.15) is 4.52 Å². The third-order valence-corrected chi connectivity index (χ3v) is 3.36. The first kappa shape index (κ1) is 15.1. The number of hydrogen-bond acceptors (Lipinski definition) is 5. The van der Waals surface area contributed by atoms with Gasteiger partial charge in [0, 0.05) is 6.54 Å². The van der Waals surface area contributed by atoms with E-state index < -0.39 is 12.2 Å². The highest BCUT2D eigenvalue weighted by atomic mass is 19.3. The molecule has 0 saturated heterocycles. The molecule has 3 aromatic rings. The van der Waals surface area contributed by atoms with Crippen molar-refractivity contribution in [3.63, 3.8) is 0 Å². The third kappa shape index (κ3) is 3.36. The van der Waals surface area contributed by atoms with E-state index in [0.29, 0.717) is 18.0 Å². The van der Waals surface area contributed by atoms with E-state index in [0.717, 1.165) is 22.2 Å². The predicted molar refractivity (Wildman–Crippen MR) is 80.9 cm³/mol. The van der Waals surface area contributed by atoms with Crippen molar-refractivity contribution in [3.05, 3.63) is 47.8 Å². The van der Waals surface area contributed by atoms with Crippen LogP contribution in [0.3, 0.4) is 0 Å². The van der Waals surface area contributed by atoms with Crippen molar-refractivity contribution in [3.8, 4) is 5.75 Å². The Kier molecular flexibility index (Phi) is 4.31. The quantitative estimate of drug-likeness (QED) is 0.757. The Balaban J connectivity index is 1.65. The standard InChI is InChI=1S/C15H15F2N5O/c1-23-11-4-2-10(3-5-11)8-9-18-12-6-7-13-19-20-15(14(16)17)22(13)21-12/h2-7,14H,8-9H2,1H3,(H,18,21). The maximum Gasteiger partial charge on any atom is 0.299 e. The Morgan fingerprint density at radius 3 is 2.61 bits per heavy atom. The molecule has 0 unspecified atom stereocenters. The molecule has 0 atom stereocenters. The molecule has 0 radical (unpaired) electrons. The van der Waals surface area contributed by atoms with Crippen LogP contribution in [-0.2, 0) is 6.42 Å². The molecule has 6 nitrogen and oxygen atoms in total. The number of alkyl halides is 2. The minimum Gasteiger partial charge on any atom is -0.497 e. The summed E-state index contributed by atoms with van der Waals surface area (Å²) >= 11 is 0. The molecule has 0 amide bonds. The second-order valence-corrected chi connectivity index (χ2v) is 4.87. The maximum absolute atomic E-state index is 12.8. The minimum absolute atomic E-state index is 0.293. The molecule has 2 heterocycles. The second kappa shape index (κ2) is 6.55. The number of rotatable bonds is 6. The lowest BCUT2D eigenvalue weighted by molar-refractivity contribution is 0.137. The molecule has 0 fully saturated rings. The van der Waals surface area contributed by atoms with E-state index in [1.807, 2.05) is 24.3 Å². The number of ether oxygens (including phenoxy) is 1. The highest BCUT2D eigenvalue weighted by molar-refractivity contribution is 5.44. The SMILES string of the molecule is COc1ccc(CCNc2ccc3nnc(C(F)F)n3n2)cc1. The van der Waals surface area contributed by atoms with Crippen molar-refractivity contribution in [2.24, 2.45) is 0 Å². The fraction of sp³-hybridized carbons (Fsp3) is 0.267. The highest BCUT2D eigenvalue weighted by Gasteiger charge is 2.16. The number of hydrogen-bond donors (Lipinski definition) is 1. The van der Waals surface area contributed by atoms with Gasteiger partial charge in [0.2, 0.25) is 5.82 Å². The zero-order valence-electron chi connectivity index (χ0n) is 12.4. The van der Waals surface area contributed by atoms with Gasteiger partial charge in [-0.25, -0.2) is 8.78 Å². The minimum atomic E-state index is -2.72. The third-order valence-electron chi connectivity index (χ3n) is 3.36. The number of benzene rings is 1. The molecule has 120 valence electrons. The largest absolute Gasteiger partial charge is 0.497 e. The van der Waals surface area contributed by atoms with Crippen LogP contribution in [0.1, 0.15) is 17.8 Å². The summed E-state index contributed by atoms with van der Waals surface area (Å²) in [6, 6.07) is 11.0. The number of aromatic nitrogens is 4. The number of nitrogens with one attached hydrogen (secondary N) is 1. The summed E-state index contributed by atoms with van der Waals surface area (Å²) in [5, 5.41) is 14.3. The van der Waals surface area contributed by atoms with Crippen LogP contribution < -0.4 is 10.1 Å². The van der Waals surface area contributed by atoms with Crippen molar-refractivity contribution >= 4 is 11.5 Å². The van der Waals surface area contributed by atoms with Crippen LogP contribution in [-0.4, -0.2) is 33.5 Å². The van der Waals surface area contributed by atoms with Gasteiger partial charge in [0.25, 0.3) is 6.43 Å². The van der Waals surface area contributed by atoms with Gasteiger partial charge < -0.3 is 10.1 Å². The van der Waals surface area contributed by atoms with Crippen molar-refractivity contribution in [2.45, 2.75) is 12.8 Å². The fourth-order valence-electron chi connectivity index (χ4n) is 2.16. The molecule has 1 N–H and O–H groups in total. The molecule has 0 aliphatic heterocycles. The van der Waals surface area contributed by atoms with Crippen LogP contribution in [0.5, 0.6) is 5.75 Å². The number of fused-ring (bicyclic) bond motifs is 1. The molecule has 0 saturated carbocycles. The van der Waals surface area contributed by atoms with Crippen LogP contribution in [0.2, 0.25) is 0 Å². The summed E-state index contributed by atoms with van der Waals surface area (Å²) in [4.78, 5) is 0.